The molecule has 23 heavy (non-hydrogen) atoms. The highest BCUT2D eigenvalue weighted by Gasteiger charge is 2.18. The standard InChI is InChI=1S/C17H17N3O3/c1-12(21)16(20-19-13-8-4-3-5-9-13)17(22)18-14-10-6-7-11-15(14)23-2/h3-11,19H,1-2H3,(H,18,22)/b20-16-. The number of hydrazone groups is 1. The lowest BCUT2D eigenvalue weighted by molar-refractivity contribution is -0.114. The molecule has 0 saturated heterocycles. The van der Waals surface area contributed by atoms with Crippen LogP contribution in [0.15, 0.2) is 59.7 Å². The number of hydrogen-bond donors (Lipinski definition) is 2. The largest absolute Gasteiger partial charge is 0.495 e. The third-order valence-corrected chi connectivity index (χ3v) is 2.97. The average molecular weight is 311 g/mol. The summed E-state index contributed by atoms with van der Waals surface area (Å²) >= 11 is 0. The molecule has 118 valence electrons. The van der Waals surface area contributed by atoms with Crippen LogP contribution in [0, 0.1) is 0 Å². The highest BCUT2D eigenvalue weighted by molar-refractivity contribution is 6.67. The summed E-state index contributed by atoms with van der Waals surface area (Å²) in [7, 11) is 1.50. The second-order valence-corrected chi connectivity index (χ2v) is 4.65. The summed E-state index contributed by atoms with van der Waals surface area (Å²) < 4.78 is 5.16. The molecule has 1 amide bonds. The maximum atomic E-state index is 12.3. The highest BCUT2D eigenvalue weighted by Crippen LogP contribution is 2.22. The van der Waals surface area contributed by atoms with Gasteiger partial charge in [0.2, 0.25) is 0 Å². The lowest BCUT2D eigenvalue weighted by Gasteiger charge is -2.10. The van der Waals surface area contributed by atoms with E-state index in [9.17, 15) is 9.59 Å². The maximum absolute atomic E-state index is 12.3. The lowest BCUT2D eigenvalue weighted by atomic mass is 10.2. The summed E-state index contributed by atoms with van der Waals surface area (Å²) in [6, 6.07) is 16.0. The fourth-order valence-electron chi connectivity index (χ4n) is 1.85. The Kier molecular flexibility index (Phi) is 5.46. The number of methoxy groups -OCH3 is 1. The van der Waals surface area contributed by atoms with Gasteiger partial charge in [-0.05, 0) is 24.3 Å². The summed E-state index contributed by atoms with van der Waals surface area (Å²) in [5, 5.41) is 6.53. The minimum atomic E-state index is -0.606. The summed E-state index contributed by atoms with van der Waals surface area (Å²) in [6.07, 6.45) is 0. The molecule has 0 aliphatic heterocycles. The number of benzene rings is 2. The molecule has 0 bridgehead atoms. The second-order valence-electron chi connectivity index (χ2n) is 4.65. The molecule has 2 N–H and O–H groups in total. The summed E-state index contributed by atoms with van der Waals surface area (Å²) in [4.78, 5) is 24.0. The normalized spacial score (nSPS) is 10.8. The lowest BCUT2D eigenvalue weighted by Crippen LogP contribution is -2.29. The quantitative estimate of drug-likeness (QED) is 0.488. The van der Waals surface area contributed by atoms with Crippen molar-refractivity contribution in [1.29, 1.82) is 0 Å². The van der Waals surface area contributed by atoms with Crippen LogP contribution < -0.4 is 15.5 Å². The molecule has 6 nitrogen and oxygen atoms in total. The van der Waals surface area contributed by atoms with Crippen LogP contribution in [0.3, 0.4) is 0 Å². The van der Waals surface area contributed by atoms with E-state index in [-0.39, 0.29) is 5.71 Å². The molecule has 0 atom stereocenters. The number of ketones is 1. The van der Waals surface area contributed by atoms with Gasteiger partial charge in [0.25, 0.3) is 5.91 Å². The summed E-state index contributed by atoms with van der Waals surface area (Å²) in [5.41, 5.74) is 3.62. The zero-order valence-corrected chi connectivity index (χ0v) is 12.9. The number of ether oxygens (including phenoxy) is 1. The van der Waals surface area contributed by atoms with E-state index in [0.717, 1.165) is 0 Å². The van der Waals surface area contributed by atoms with Crippen LogP contribution in [0.4, 0.5) is 11.4 Å². The van der Waals surface area contributed by atoms with Crippen LogP contribution in [-0.4, -0.2) is 24.5 Å². The maximum Gasteiger partial charge on any atom is 0.279 e. The minimum Gasteiger partial charge on any atom is -0.495 e. The topological polar surface area (TPSA) is 79.8 Å². The fraction of sp³-hybridized carbons (Fsp3) is 0.118. The smallest absolute Gasteiger partial charge is 0.279 e. The summed E-state index contributed by atoms with van der Waals surface area (Å²) in [6.45, 7) is 1.29. The van der Waals surface area contributed by atoms with Crippen molar-refractivity contribution in [1.82, 2.24) is 0 Å². The van der Waals surface area contributed by atoms with Gasteiger partial charge in [0.05, 0.1) is 18.5 Å². The van der Waals surface area contributed by atoms with Crippen molar-refractivity contribution in [3.8, 4) is 5.75 Å². The average Bonchev–Trinajstić information content (AvgIpc) is 2.56. The molecule has 2 aromatic rings. The molecule has 0 heterocycles. The Morgan fingerprint density at radius 3 is 2.30 bits per heavy atom. The molecule has 0 fully saturated rings. The Morgan fingerprint density at radius 1 is 1.00 bits per heavy atom. The predicted octanol–water partition coefficient (Wildman–Crippen LogP) is 2.69. The van der Waals surface area contributed by atoms with Crippen molar-refractivity contribution in [2.24, 2.45) is 5.10 Å². The third kappa shape index (κ3) is 4.41. The molecular weight excluding hydrogens is 294 g/mol. The van der Waals surface area contributed by atoms with Gasteiger partial charge in [0.1, 0.15) is 5.75 Å². The van der Waals surface area contributed by atoms with Crippen LogP contribution in [0.2, 0.25) is 0 Å². The molecule has 2 aromatic carbocycles. The SMILES string of the molecule is COc1ccccc1NC(=O)/C(=N\Nc1ccccc1)C(C)=O. The number of amides is 1. The number of anilines is 2. The second kappa shape index (κ2) is 7.74. The molecule has 0 unspecified atom stereocenters. The van der Waals surface area contributed by atoms with E-state index in [2.05, 4.69) is 15.8 Å². The number of hydrogen-bond acceptors (Lipinski definition) is 5. The molecular formula is C17H17N3O3. The van der Waals surface area contributed by atoms with E-state index in [1.165, 1.54) is 14.0 Å². The highest BCUT2D eigenvalue weighted by atomic mass is 16.5. The van der Waals surface area contributed by atoms with Crippen molar-refractivity contribution in [2.75, 3.05) is 17.9 Å². The summed E-state index contributed by atoms with van der Waals surface area (Å²) in [5.74, 6) is -0.550. The monoisotopic (exact) mass is 311 g/mol. The molecule has 6 heteroatoms. The van der Waals surface area contributed by atoms with Crippen LogP contribution in [0.25, 0.3) is 0 Å². The first-order chi connectivity index (χ1) is 11.1. The number of Topliss-reactive ketones (excluding diaryl/α,β-unsaturated/α-hetero) is 1. The first kappa shape index (κ1) is 16.2. The van der Waals surface area contributed by atoms with Gasteiger partial charge in [-0.25, -0.2) is 0 Å². The zero-order valence-electron chi connectivity index (χ0n) is 12.9. The van der Waals surface area contributed by atoms with Crippen molar-refractivity contribution in [3.63, 3.8) is 0 Å². The first-order valence-corrected chi connectivity index (χ1v) is 6.96. The number of carbonyl (C=O) groups is 2. The van der Waals surface area contributed by atoms with Gasteiger partial charge in [0, 0.05) is 6.92 Å². The van der Waals surface area contributed by atoms with Gasteiger partial charge in [-0.1, -0.05) is 30.3 Å². The van der Waals surface area contributed by atoms with Gasteiger partial charge in [-0.2, -0.15) is 5.10 Å². The van der Waals surface area contributed by atoms with Crippen LogP contribution >= 0.6 is 0 Å². The third-order valence-electron chi connectivity index (χ3n) is 2.97. The zero-order chi connectivity index (χ0) is 16.7. The van der Waals surface area contributed by atoms with Gasteiger partial charge in [-0.3, -0.25) is 15.0 Å². The van der Waals surface area contributed by atoms with E-state index in [0.29, 0.717) is 17.1 Å². The van der Waals surface area contributed by atoms with Crippen molar-refractivity contribution in [2.45, 2.75) is 6.92 Å². The van der Waals surface area contributed by atoms with Gasteiger partial charge in [-0.15, -0.1) is 0 Å². The van der Waals surface area contributed by atoms with E-state index in [4.69, 9.17) is 4.74 Å². The van der Waals surface area contributed by atoms with E-state index in [1.54, 1.807) is 36.4 Å². The van der Waals surface area contributed by atoms with Crippen LogP contribution in [-0.2, 0) is 9.59 Å². The predicted molar refractivity (Wildman–Crippen MR) is 89.8 cm³/mol. The van der Waals surface area contributed by atoms with Gasteiger partial charge in [0.15, 0.2) is 11.5 Å². The molecule has 0 aromatic heterocycles. The number of rotatable bonds is 6. The Labute approximate surface area is 134 Å². The van der Waals surface area contributed by atoms with Gasteiger partial charge < -0.3 is 10.1 Å². The molecule has 0 radical (unpaired) electrons. The molecule has 0 aliphatic carbocycles. The Balaban J connectivity index is 2.17. The van der Waals surface area contributed by atoms with E-state index < -0.39 is 11.7 Å². The Hall–Kier alpha value is -3.15. The first-order valence-electron chi connectivity index (χ1n) is 6.96. The van der Waals surface area contributed by atoms with Gasteiger partial charge >= 0.3 is 0 Å². The van der Waals surface area contributed by atoms with Crippen molar-refractivity contribution in [3.05, 3.63) is 54.6 Å². The molecule has 0 saturated carbocycles. The van der Waals surface area contributed by atoms with Crippen molar-refractivity contribution >= 4 is 28.8 Å². The number of para-hydroxylation sites is 3. The van der Waals surface area contributed by atoms with Crippen molar-refractivity contribution < 1.29 is 14.3 Å². The Morgan fingerprint density at radius 2 is 1.65 bits per heavy atom. The molecule has 2 rings (SSSR count). The minimum absolute atomic E-state index is 0.222. The molecule has 0 spiro atoms. The van der Waals surface area contributed by atoms with E-state index >= 15 is 0 Å². The Bertz CT molecular complexity index is 727. The number of nitrogens with one attached hydrogen (secondary N) is 2. The number of nitrogens with zero attached hydrogens (tertiary/aromatic N) is 1. The van der Waals surface area contributed by atoms with E-state index in [1.807, 2.05) is 18.2 Å². The van der Waals surface area contributed by atoms with Crippen LogP contribution in [0.5, 0.6) is 5.75 Å². The van der Waals surface area contributed by atoms with Crippen LogP contribution in [0.1, 0.15) is 6.92 Å². The molecule has 0 aliphatic rings. The fourth-order valence-corrected chi connectivity index (χ4v) is 1.85. The number of carbonyl (C=O) groups excluding carboxylic acids is 2.